The predicted octanol–water partition coefficient (Wildman–Crippen LogP) is 5.01. The number of benzene rings is 2. The minimum atomic E-state index is -0.526. The number of esters is 1. The molecule has 4 rings (SSSR count). The SMILES string of the molecule is CCOC(=O)c1ccccc1NC(=O)Cn1cnc2sc(C)c(-c3ccc(Br)cc3)c2c1=O. The van der Waals surface area contributed by atoms with E-state index >= 15 is 0 Å². The molecule has 1 N–H and O–H groups in total. The van der Waals surface area contributed by atoms with Crippen molar-refractivity contribution in [2.75, 3.05) is 11.9 Å². The number of hydrogen-bond donors (Lipinski definition) is 1. The number of carbonyl (C=O) groups is 2. The van der Waals surface area contributed by atoms with Crippen molar-refractivity contribution in [3.63, 3.8) is 0 Å². The van der Waals surface area contributed by atoms with Gasteiger partial charge in [-0.15, -0.1) is 11.3 Å². The number of aryl methyl sites for hydroxylation is 1. The van der Waals surface area contributed by atoms with Gasteiger partial charge in [0.25, 0.3) is 5.56 Å². The fourth-order valence-electron chi connectivity index (χ4n) is 3.54. The topological polar surface area (TPSA) is 90.3 Å². The van der Waals surface area contributed by atoms with Crippen molar-refractivity contribution >= 4 is 55.0 Å². The van der Waals surface area contributed by atoms with Gasteiger partial charge in [-0.1, -0.05) is 40.2 Å². The van der Waals surface area contributed by atoms with Crippen molar-refractivity contribution < 1.29 is 14.3 Å². The Morgan fingerprint density at radius 1 is 1.15 bits per heavy atom. The summed E-state index contributed by atoms with van der Waals surface area (Å²) in [6.07, 6.45) is 1.38. The van der Waals surface area contributed by atoms with Crippen LogP contribution in [0.4, 0.5) is 5.69 Å². The number of para-hydroxylation sites is 1. The van der Waals surface area contributed by atoms with Crippen LogP contribution >= 0.6 is 27.3 Å². The summed E-state index contributed by atoms with van der Waals surface area (Å²) in [5, 5.41) is 3.19. The summed E-state index contributed by atoms with van der Waals surface area (Å²) in [6, 6.07) is 14.3. The molecule has 9 heteroatoms. The second-order valence-electron chi connectivity index (χ2n) is 7.21. The molecule has 0 spiro atoms. The molecular formula is C24H20BrN3O4S. The second-order valence-corrected chi connectivity index (χ2v) is 9.33. The molecule has 0 saturated heterocycles. The molecule has 7 nitrogen and oxygen atoms in total. The molecule has 2 aromatic carbocycles. The molecule has 2 aromatic heterocycles. The number of nitrogens with zero attached hydrogens (tertiary/aromatic N) is 2. The van der Waals surface area contributed by atoms with Gasteiger partial charge in [-0.2, -0.15) is 0 Å². The number of rotatable bonds is 6. The van der Waals surface area contributed by atoms with Gasteiger partial charge in [0.15, 0.2) is 0 Å². The zero-order valence-electron chi connectivity index (χ0n) is 17.9. The minimum absolute atomic E-state index is 0.225. The van der Waals surface area contributed by atoms with Crippen molar-refractivity contribution in [2.24, 2.45) is 0 Å². The van der Waals surface area contributed by atoms with Gasteiger partial charge >= 0.3 is 5.97 Å². The maximum Gasteiger partial charge on any atom is 0.340 e. The fraction of sp³-hybridized carbons (Fsp3) is 0.167. The van der Waals surface area contributed by atoms with Crippen molar-refractivity contribution in [2.45, 2.75) is 20.4 Å². The number of anilines is 1. The van der Waals surface area contributed by atoms with Gasteiger partial charge in [0.2, 0.25) is 5.91 Å². The zero-order valence-corrected chi connectivity index (χ0v) is 20.3. The molecule has 1 amide bonds. The highest BCUT2D eigenvalue weighted by Crippen LogP contribution is 2.35. The number of hydrogen-bond acceptors (Lipinski definition) is 6. The normalized spacial score (nSPS) is 10.9. The van der Waals surface area contributed by atoms with E-state index in [2.05, 4.69) is 26.2 Å². The molecular weight excluding hydrogens is 506 g/mol. The highest BCUT2D eigenvalue weighted by Gasteiger charge is 2.19. The second kappa shape index (κ2) is 9.68. The summed E-state index contributed by atoms with van der Waals surface area (Å²) < 4.78 is 7.26. The Morgan fingerprint density at radius 3 is 2.61 bits per heavy atom. The molecule has 0 saturated carbocycles. The molecule has 0 unspecified atom stereocenters. The van der Waals surface area contributed by atoms with Gasteiger partial charge in [-0.05, 0) is 43.7 Å². The van der Waals surface area contributed by atoms with Crippen LogP contribution in [0.3, 0.4) is 0 Å². The summed E-state index contributed by atoms with van der Waals surface area (Å²) in [4.78, 5) is 44.2. The van der Waals surface area contributed by atoms with Gasteiger partial charge in [-0.25, -0.2) is 9.78 Å². The molecule has 0 atom stereocenters. The lowest BCUT2D eigenvalue weighted by Gasteiger charge is -2.11. The first-order valence-electron chi connectivity index (χ1n) is 10.2. The lowest BCUT2D eigenvalue weighted by molar-refractivity contribution is -0.116. The molecule has 0 aliphatic rings. The van der Waals surface area contributed by atoms with E-state index in [0.29, 0.717) is 15.9 Å². The highest BCUT2D eigenvalue weighted by molar-refractivity contribution is 9.10. The highest BCUT2D eigenvalue weighted by atomic mass is 79.9. The van der Waals surface area contributed by atoms with E-state index in [1.54, 1.807) is 31.2 Å². The Morgan fingerprint density at radius 2 is 1.88 bits per heavy atom. The lowest BCUT2D eigenvalue weighted by atomic mass is 10.0. The van der Waals surface area contributed by atoms with Gasteiger partial charge in [-0.3, -0.25) is 14.2 Å². The van der Waals surface area contributed by atoms with Crippen molar-refractivity contribution in [3.05, 3.63) is 80.1 Å². The number of carbonyl (C=O) groups excluding carboxylic acids is 2. The monoisotopic (exact) mass is 525 g/mol. The Kier molecular flexibility index (Phi) is 6.71. The van der Waals surface area contributed by atoms with E-state index in [-0.39, 0.29) is 24.3 Å². The molecule has 4 aromatic rings. The minimum Gasteiger partial charge on any atom is -0.462 e. The Balaban J connectivity index is 1.65. The van der Waals surface area contributed by atoms with Crippen LogP contribution in [0.25, 0.3) is 21.3 Å². The van der Waals surface area contributed by atoms with Gasteiger partial charge in [0.1, 0.15) is 11.4 Å². The molecule has 168 valence electrons. The average molecular weight is 526 g/mol. The summed E-state index contributed by atoms with van der Waals surface area (Å²) in [5.74, 6) is -0.978. The van der Waals surface area contributed by atoms with Crippen LogP contribution in [-0.4, -0.2) is 28.0 Å². The number of ether oxygens (including phenoxy) is 1. The third-order valence-electron chi connectivity index (χ3n) is 5.00. The standard InChI is InChI=1S/C24H20BrN3O4S/c1-3-32-24(31)17-6-4-5-7-18(17)27-19(29)12-28-13-26-22-21(23(28)30)20(14(2)33-22)15-8-10-16(25)11-9-15/h4-11,13H,3,12H2,1-2H3,(H,27,29). The summed E-state index contributed by atoms with van der Waals surface area (Å²) >= 11 is 4.87. The third-order valence-corrected chi connectivity index (χ3v) is 6.54. The molecule has 0 radical (unpaired) electrons. The number of halogens is 1. The number of nitrogens with one attached hydrogen (secondary N) is 1. The van der Waals surface area contributed by atoms with Gasteiger partial charge < -0.3 is 10.1 Å². The van der Waals surface area contributed by atoms with Crippen molar-refractivity contribution in [1.29, 1.82) is 0 Å². The number of fused-ring (bicyclic) bond motifs is 1. The predicted molar refractivity (Wildman–Crippen MR) is 133 cm³/mol. The number of thiophene rings is 1. The molecule has 0 fully saturated rings. The maximum absolute atomic E-state index is 13.3. The largest absolute Gasteiger partial charge is 0.462 e. The first-order chi connectivity index (χ1) is 15.9. The van der Waals surface area contributed by atoms with Crippen LogP contribution in [-0.2, 0) is 16.1 Å². The van der Waals surface area contributed by atoms with Gasteiger partial charge in [0, 0.05) is 14.9 Å². The van der Waals surface area contributed by atoms with Crippen LogP contribution in [0.15, 0.2) is 64.1 Å². The number of aromatic nitrogens is 2. The first kappa shape index (κ1) is 22.9. The van der Waals surface area contributed by atoms with Crippen LogP contribution in [0.1, 0.15) is 22.2 Å². The molecule has 33 heavy (non-hydrogen) atoms. The van der Waals surface area contributed by atoms with E-state index in [1.807, 2.05) is 31.2 Å². The lowest BCUT2D eigenvalue weighted by Crippen LogP contribution is -2.28. The molecule has 2 heterocycles. The average Bonchev–Trinajstić information content (AvgIpc) is 3.13. The van der Waals surface area contributed by atoms with Crippen molar-refractivity contribution in [3.8, 4) is 11.1 Å². The van der Waals surface area contributed by atoms with Crippen LogP contribution in [0.2, 0.25) is 0 Å². The Labute approximate surface area is 202 Å². The quantitative estimate of drug-likeness (QED) is 0.357. The smallest absolute Gasteiger partial charge is 0.340 e. The Bertz CT molecular complexity index is 1410. The van der Waals surface area contributed by atoms with Crippen molar-refractivity contribution in [1.82, 2.24) is 9.55 Å². The molecule has 0 aliphatic heterocycles. The molecule has 0 bridgehead atoms. The summed E-state index contributed by atoms with van der Waals surface area (Å²) in [6.45, 7) is 3.65. The van der Waals surface area contributed by atoms with Crippen LogP contribution < -0.4 is 10.9 Å². The van der Waals surface area contributed by atoms with E-state index in [1.165, 1.54) is 22.2 Å². The first-order valence-corrected chi connectivity index (χ1v) is 11.8. The van der Waals surface area contributed by atoms with E-state index in [9.17, 15) is 14.4 Å². The maximum atomic E-state index is 13.3. The third kappa shape index (κ3) is 4.74. The summed E-state index contributed by atoms with van der Waals surface area (Å²) in [5.41, 5.74) is 2.01. The van der Waals surface area contributed by atoms with Gasteiger partial charge in [0.05, 0.1) is 29.6 Å². The van der Waals surface area contributed by atoms with Crippen LogP contribution in [0.5, 0.6) is 0 Å². The fourth-order valence-corrected chi connectivity index (χ4v) is 4.81. The zero-order chi connectivity index (χ0) is 23.5. The molecule has 0 aliphatic carbocycles. The number of amides is 1. The van der Waals surface area contributed by atoms with E-state index in [0.717, 1.165) is 20.5 Å². The summed E-state index contributed by atoms with van der Waals surface area (Å²) in [7, 11) is 0. The van der Waals surface area contributed by atoms with Crippen LogP contribution in [0, 0.1) is 6.92 Å². The van der Waals surface area contributed by atoms with E-state index in [4.69, 9.17) is 4.74 Å². The van der Waals surface area contributed by atoms with E-state index < -0.39 is 11.9 Å². The Hall–Kier alpha value is -3.30.